The Kier molecular flexibility index (Phi) is 2.00. The van der Waals surface area contributed by atoms with Crippen LogP contribution in [0.3, 0.4) is 0 Å². The second-order valence-electron chi connectivity index (χ2n) is 3.36. The molecule has 72 valence electrons. The Bertz CT molecular complexity index is 542. The molecule has 0 aromatic carbocycles. The van der Waals surface area contributed by atoms with Crippen molar-refractivity contribution in [2.45, 2.75) is 0 Å². The molecule has 2 aliphatic rings. The van der Waals surface area contributed by atoms with E-state index >= 15 is 0 Å². The first kappa shape index (κ1) is 8.62. The molecule has 0 radical (unpaired) electrons. The van der Waals surface area contributed by atoms with Crippen molar-refractivity contribution in [1.82, 2.24) is 4.98 Å². The summed E-state index contributed by atoms with van der Waals surface area (Å²) in [6, 6.07) is 14.7. The van der Waals surface area contributed by atoms with Crippen molar-refractivity contribution in [3.05, 3.63) is 54.0 Å². The monoisotopic (exact) mass is 211 g/mol. The van der Waals surface area contributed by atoms with E-state index in [9.17, 15) is 0 Å². The smallest absolute Gasteiger partial charge is 0.123 e. The van der Waals surface area contributed by atoms with E-state index in [1.807, 2.05) is 17.6 Å². The molecule has 1 heterocycles. The highest BCUT2D eigenvalue weighted by atomic mass is 32.1. The zero-order valence-electron chi connectivity index (χ0n) is 8.05. The topological polar surface area (TPSA) is 12.9 Å². The number of nitrogens with zero attached hydrogens (tertiary/aromatic N) is 1. The van der Waals surface area contributed by atoms with Crippen molar-refractivity contribution < 1.29 is 0 Å². The minimum Gasteiger partial charge on any atom is -0.245 e. The Morgan fingerprint density at radius 2 is 1.80 bits per heavy atom. The summed E-state index contributed by atoms with van der Waals surface area (Å²) in [5.41, 5.74) is 3.77. The van der Waals surface area contributed by atoms with Gasteiger partial charge < -0.3 is 0 Å². The fourth-order valence-corrected chi connectivity index (χ4v) is 2.43. The minimum atomic E-state index is 1.09. The summed E-state index contributed by atoms with van der Waals surface area (Å²) in [4.78, 5) is 4.35. The zero-order valence-corrected chi connectivity index (χ0v) is 8.87. The SMILES string of the molecule is c1ccc2ccc(-c3nccs3)c-2cc1. The summed E-state index contributed by atoms with van der Waals surface area (Å²) in [5.74, 6) is 0. The normalized spacial score (nSPS) is 10.7. The van der Waals surface area contributed by atoms with E-state index in [-0.39, 0.29) is 0 Å². The molecule has 1 nitrogen and oxygen atoms in total. The summed E-state index contributed by atoms with van der Waals surface area (Å²) in [6.07, 6.45) is 1.85. The van der Waals surface area contributed by atoms with Gasteiger partial charge in [0.25, 0.3) is 0 Å². The average molecular weight is 211 g/mol. The van der Waals surface area contributed by atoms with Crippen molar-refractivity contribution in [3.63, 3.8) is 0 Å². The lowest BCUT2D eigenvalue weighted by atomic mass is 10.1. The van der Waals surface area contributed by atoms with Crippen LogP contribution in [-0.4, -0.2) is 4.98 Å². The van der Waals surface area contributed by atoms with Gasteiger partial charge in [0.1, 0.15) is 5.01 Å². The van der Waals surface area contributed by atoms with Gasteiger partial charge in [-0.15, -0.1) is 11.3 Å². The first-order valence-corrected chi connectivity index (χ1v) is 5.71. The number of rotatable bonds is 1. The molecular formula is C13H9NS. The average Bonchev–Trinajstić information content (AvgIpc) is 2.83. The highest BCUT2D eigenvalue weighted by Gasteiger charge is 2.10. The van der Waals surface area contributed by atoms with E-state index in [1.165, 1.54) is 16.7 Å². The zero-order chi connectivity index (χ0) is 10.1. The third-order valence-corrected chi connectivity index (χ3v) is 3.26. The van der Waals surface area contributed by atoms with Gasteiger partial charge in [-0.2, -0.15) is 0 Å². The third kappa shape index (κ3) is 1.43. The van der Waals surface area contributed by atoms with Gasteiger partial charge in [0.15, 0.2) is 0 Å². The van der Waals surface area contributed by atoms with E-state index < -0.39 is 0 Å². The molecular weight excluding hydrogens is 202 g/mol. The predicted molar refractivity (Wildman–Crippen MR) is 64.2 cm³/mol. The molecule has 1 aromatic rings. The first-order chi connectivity index (χ1) is 7.45. The molecule has 15 heavy (non-hydrogen) atoms. The van der Waals surface area contributed by atoms with Gasteiger partial charge in [-0.3, -0.25) is 0 Å². The Hall–Kier alpha value is -1.67. The molecule has 0 atom stereocenters. The number of aromatic nitrogens is 1. The molecule has 0 N–H and O–H groups in total. The van der Waals surface area contributed by atoms with E-state index in [2.05, 4.69) is 41.4 Å². The van der Waals surface area contributed by atoms with Crippen LogP contribution in [0, 0.1) is 0 Å². The first-order valence-electron chi connectivity index (χ1n) is 4.83. The maximum absolute atomic E-state index is 4.35. The minimum absolute atomic E-state index is 1.09. The maximum Gasteiger partial charge on any atom is 0.123 e. The van der Waals surface area contributed by atoms with Crippen molar-refractivity contribution in [2.24, 2.45) is 0 Å². The van der Waals surface area contributed by atoms with Gasteiger partial charge in [-0.05, 0) is 11.1 Å². The van der Waals surface area contributed by atoms with Crippen LogP contribution < -0.4 is 0 Å². The van der Waals surface area contributed by atoms with Gasteiger partial charge in [0.05, 0.1) is 0 Å². The van der Waals surface area contributed by atoms with Gasteiger partial charge in [0.2, 0.25) is 0 Å². The summed E-state index contributed by atoms with van der Waals surface area (Å²) < 4.78 is 0. The quantitative estimate of drug-likeness (QED) is 0.594. The number of hydrogen-bond acceptors (Lipinski definition) is 2. The summed E-state index contributed by atoms with van der Waals surface area (Å²) in [7, 11) is 0. The molecule has 1 aromatic heterocycles. The summed E-state index contributed by atoms with van der Waals surface area (Å²) >= 11 is 1.68. The molecule has 0 saturated heterocycles. The Morgan fingerprint density at radius 3 is 2.67 bits per heavy atom. The van der Waals surface area contributed by atoms with Crippen LogP contribution in [-0.2, 0) is 0 Å². The molecule has 0 bridgehead atoms. The van der Waals surface area contributed by atoms with E-state index in [0.29, 0.717) is 0 Å². The van der Waals surface area contributed by atoms with Crippen LogP contribution in [0.25, 0.3) is 21.7 Å². The standard InChI is InChI=1S/C13H9NS/c1-2-4-10-6-7-12(11(10)5-3-1)13-14-8-9-15-13/h1-9H. The molecule has 0 amide bonds. The van der Waals surface area contributed by atoms with Gasteiger partial charge in [-0.25, -0.2) is 4.98 Å². The van der Waals surface area contributed by atoms with E-state index in [1.54, 1.807) is 11.3 Å². The maximum atomic E-state index is 4.35. The Balaban J connectivity index is 2.25. The fraction of sp³-hybridized carbons (Fsp3) is 0. The van der Waals surface area contributed by atoms with Crippen molar-refractivity contribution >= 4 is 11.3 Å². The highest BCUT2D eigenvalue weighted by Crippen LogP contribution is 2.35. The molecule has 0 spiro atoms. The van der Waals surface area contributed by atoms with Crippen molar-refractivity contribution in [1.29, 1.82) is 0 Å². The lowest BCUT2D eigenvalue weighted by Gasteiger charge is -1.96. The second-order valence-corrected chi connectivity index (χ2v) is 4.26. The van der Waals surface area contributed by atoms with E-state index in [4.69, 9.17) is 0 Å². The van der Waals surface area contributed by atoms with Crippen LogP contribution in [0.1, 0.15) is 0 Å². The van der Waals surface area contributed by atoms with Gasteiger partial charge in [0, 0.05) is 17.1 Å². The largest absolute Gasteiger partial charge is 0.245 e. The lowest BCUT2D eigenvalue weighted by molar-refractivity contribution is 1.42. The molecule has 2 aliphatic carbocycles. The molecule has 0 saturated carbocycles. The highest BCUT2D eigenvalue weighted by molar-refractivity contribution is 7.13. The Morgan fingerprint density at radius 1 is 0.867 bits per heavy atom. The van der Waals surface area contributed by atoms with Crippen molar-refractivity contribution in [2.75, 3.05) is 0 Å². The molecule has 0 aliphatic heterocycles. The van der Waals surface area contributed by atoms with Gasteiger partial charge in [-0.1, -0.05) is 42.5 Å². The number of thiazole rings is 1. The predicted octanol–water partition coefficient (Wildman–Crippen LogP) is 3.91. The third-order valence-electron chi connectivity index (χ3n) is 2.45. The fourth-order valence-electron chi connectivity index (χ4n) is 1.76. The van der Waals surface area contributed by atoms with Crippen LogP contribution in [0.15, 0.2) is 54.0 Å². The van der Waals surface area contributed by atoms with Crippen LogP contribution in [0.5, 0.6) is 0 Å². The van der Waals surface area contributed by atoms with Gasteiger partial charge >= 0.3 is 0 Å². The molecule has 0 unspecified atom stereocenters. The number of fused-ring (bicyclic) bond motifs is 1. The number of hydrogen-bond donors (Lipinski definition) is 0. The van der Waals surface area contributed by atoms with Crippen molar-refractivity contribution in [3.8, 4) is 21.7 Å². The second kappa shape index (κ2) is 3.48. The molecule has 2 heteroatoms. The Labute approximate surface area is 92.4 Å². The molecule has 3 rings (SSSR count). The van der Waals surface area contributed by atoms with Crippen LogP contribution in [0.2, 0.25) is 0 Å². The van der Waals surface area contributed by atoms with E-state index in [0.717, 1.165) is 5.01 Å². The van der Waals surface area contributed by atoms with Crippen LogP contribution >= 0.6 is 11.3 Å². The summed E-state index contributed by atoms with van der Waals surface area (Å²) in [5, 5.41) is 3.10. The molecule has 0 fully saturated rings. The van der Waals surface area contributed by atoms with Crippen LogP contribution in [0.4, 0.5) is 0 Å². The lowest BCUT2D eigenvalue weighted by Crippen LogP contribution is -1.73. The summed E-state index contributed by atoms with van der Waals surface area (Å²) in [6.45, 7) is 0.